The van der Waals surface area contributed by atoms with E-state index in [0.29, 0.717) is 57.8 Å². The van der Waals surface area contributed by atoms with Crippen molar-refractivity contribution in [1.82, 2.24) is 47.4 Å². The second kappa shape index (κ2) is 56.5. The maximum absolute atomic E-state index is 14.8. The molecule has 6 unspecified atom stereocenters. The summed E-state index contributed by atoms with van der Waals surface area (Å²) in [4.78, 5) is 265. The Morgan fingerprint density at radius 1 is 0.523 bits per heavy atom. The third-order valence-electron chi connectivity index (χ3n) is 23.7. The van der Waals surface area contributed by atoms with E-state index in [4.69, 9.17) is 33.5 Å². The molecule has 44 nitrogen and oxygen atoms in total. The molecule has 3 fully saturated rings. The number of aliphatic carboxylic acids is 7. The molecule has 2 saturated heterocycles. The number of aliphatic hydroxyl groups excluding tert-OH is 1. The summed E-state index contributed by atoms with van der Waals surface area (Å²) in [5, 5.41) is 107. The lowest BCUT2D eigenvalue weighted by Crippen LogP contribution is -2.61. The molecular formula is C88H131N9O35. The summed E-state index contributed by atoms with van der Waals surface area (Å²) in [5.74, 6) is -30.7. The Hall–Kier alpha value is -11.3. The molecule has 9 amide bonds. The number of carbonyl (C=O) groups excluding carboxylic acids is 13. The van der Waals surface area contributed by atoms with Gasteiger partial charge < -0.3 is 122 Å². The molecule has 1 saturated carbocycles. The van der Waals surface area contributed by atoms with E-state index in [1.54, 1.807) is 34.6 Å². The summed E-state index contributed by atoms with van der Waals surface area (Å²) >= 11 is 0. The number of methoxy groups -OCH3 is 3. The SMILES string of the molecule is CO[C@H]1C[C@@H]2CC[C@@H](C)[C@@](O)(O2)C(=O)C(=O)N2CCCC[C@H]2C(=O)O[C@H]([C@H](C)C[C@@H]2CC[C@@H](OCNC(=O)CCC(=O)NC(CCC(=O)O)C(=O)NC(CCC(=O)O)C(=O)NC(CCC(=O)O)C(=O)NC(CCC(=O)O)C(=O)NC(CCC(=O)O)C(=O)NC(CCC(=O)O)C(=O)NCC(=O)O)[C@H](OC)C2)CC(=O)[C@H](C)/C=C(\C)[C@@H](O)[C@@H](OC)C(=O)[C@H](C)C[C@H](C)/C=C/C=C/C=C/1C. The first-order valence-electron chi connectivity index (χ1n) is 44.1. The van der Waals surface area contributed by atoms with Gasteiger partial charge >= 0.3 is 47.8 Å². The lowest BCUT2D eigenvalue weighted by atomic mass is 9.78. The largest absolute Gasteiger partial charge is 0.481 e. The van der Waals surface area contributed by atoms with Crippen LogP contribution in [-0.2, 0) is 124 Å². The van der Waals surface area contributed by atoms with Gasteiger partial charge in [0.25, 0.3) is 11.7 Å². The van der Waals surface area contributed by atoms with Crippen LogP contribution >= 0.6 is 0 Å². The molecule has 3 heterocycles. The first kappa shape index (κ1) is 113. The fraction of sp³-hybridized carbons (Fsp3) is 0.682. The minimum absolute atomic E-state index is 0.0522. The molecule has 44 heteroatoms. The van der Waals surface area contributed by atoms with Gasteiger partial charge in [0, 0.05) is 110 Å². The molecule has 0 radical (unpaired) electrons. The topological polar surface area (TPSA) is 678 Å². The lowest BCUT2D eigenvalue weighted by Gasteiger charge is -2.42. The molecule has 2 bridgehead atoms. The number of fused-ring (bicyclic) bond motifs is 3. The Morgan fingerprint density at radius 3 is 1.48 bits per heavy atom. The molecule has 0 aromatic carbocycles. The summed E-state index contributed by atoms with van der Waals surface area (Å²) in [6.07, 6.45) is -3.47. The highest BCUT2D eigenvalue weighted by Crippen LogP contribution is 2.39. The monoisotopic (exact) mass is 1870 g/mol. The van der Waals surface area contributed by atoms with Crippen molar-refractivity contribution in [2.75, 3.05) is 41.1 Å². The normalized spacial score (nSPS) is 26.7. The van der Waals surface area contributed by atoms with Crippen LogP contribution in [0.1, 0.15) is 215 Å². The summed E-state index contributed by atoms with van der Waals surface area (Å²) < 4.78 is 36.0. The van der Waals surface area contributed by atoms with E-state index in [1.807, 2.05) is 49.5 Å². The fourth-order valence-electron chi connectivity index (χ4n) is 16.0. The van der Waals surface area contributed by atoms with Crippen molar-refractivity contribution in [1.29, 1.82) is 0 Å². The van der Waals surface area contributed by atoms with E-state index in [1.165, 1.54) is 27.4 Å². The van der Waals surface area contributed by atoms with E-state index < -0.39 is 330 Å². The predicted octanol–water partition coefficient (Wildman–Crippen LogP) is 1.36. The number of nitrogens with zero attached hydrogens (tertiary/aromatic N) is 1. The highest BCUT2D eigenvalue weighted by atomic mass is 16.6. The molecule has 4 aliphatic rings. The number of allylic oxidation sites excluding steroid dienone is 6. The van der Waals surface area contributed by atoms with Gasteiger partial charge in [-0.3, -0.25) is 91.1 Å². The third-order valence-corrected chi connectivity index (χ3v) is 23.7. The van der Waals surface area contributed by atoms with Gasteiger partial charge in [0.05, 0.1) is 24.4 Å². The highest BCUT2D eigenvalue weighted by Gasteiger charge is 2.54. The number of aliphatic hydroxyl groups is 2. The Balaban J connectivity index is 1.51. The van der Waals surface area contributed by atoms with Crippen LogP contribution in [0.15, 0.2) is 47.6 Å². The molecule has 738 valence electrons. The van der Waals surface area contributed by atoms with Crippen LogP contribution < -0.4 is 42.5 Å². The number of ether oxygens (including phenoxy) is 6. The minimum Gasteiger partial charge on any atom is -0.481 e. The van der Waals surface area contributed by atoms with Crippen LogP contribution in [0.3, 0.4) is 0 Å². The van der Waals surface area contributed by atoms with Gasteiger partial charge in [-0.05, 0) is 145 Å². The van der Waals surface area contributed by atoms with E-state index in [2.05, 4.69) is 37.2 Å². The van der Waals surface area contributed by atoms with Gasteiger partial charge in [-0.25, -0.2) is 4.79 Å². The van der Waals surface area contributed by atoms with Crippen molar-refractivity contribution in [3.63, 3.8) is 0 Å². The number of Topliss-reactive ketones (excluding diaryl/α,β-unsaturated/α-hetero) is 3. The summed E-state index contributed by atoms with van der Waals surface area (Å²) in [5.41, 5.74) is 1.06. The van der Waals surface area contributed by atoms with Gasteiger partial charge in [0.15, 0.2) is 5.78 Å². The maximum atomic E-state index is 14.8. The highest BCUT2D eigenvalue weighted by molar-refractivity contribution is 6.39. The van der Waals surface area contributed by atoms with Crippen molar-refractivity contribution in [3.05, 3.63) is 47.6 Å². The number of cyclic esters (lactones) is 1. The number of piperidine rings is 1. The molecular weight excluding hydrogens is 1740 g/mol. The Kier molecular flexibility index (Phi) is 48.4. The fourth-order valence-corrected chi connectivity index (χ4v) is 16.0. The van der Waals surface area contributed by atoms with Gasteiger partial charge in [-0.2, -0.15) is 0 Å². The number of nitrogens with one attached hydrogen (secondary N) is 8. The molecule has 1 aliphatic carbocycles. The zero-order valence-corrected chi connectivity index (χ0v) is 76.1. The van der Waals surface area contributed by atoms with E-state index >= 15 is 0 Å². The van der Waals surface area contributed by atoms with Crippen molar-refractivity contribution < 1.29 is 170 Å². The quantitative estimate of drug-likeness (QED) is 0.0177. The molecule has 0 aromatic rings. The molecule has 4 rings (SSSR count). The first-order chi connectivity index (χ1) is 62.1. The van der Waals surface area contributed by atoms with E-state index in [-0.39, 0.29) is 49.0 Å². The van der Waals surface area contributed by atoms with Gasteiger partial charge in [0.1, 0.15) is 79.7 Å². The average molecular weight is 1880 g/mol. The van der Waals surface area contributed by atoms with Crippen molar-refractivity contribution in [3.8, 4) is 0 Å². The van der Waals surface area contributed by atoms with Gasteiger partial charge in [-0.1, -0.05) is 71.1 Å². The number of carboxylic acid groups (broad SMARTS) is 7. The van der Waals surface area contributed by atoms with Crippen LogP contribution in [0.25, 0.3) is 0 Å². The van der Waals surface area contributed by atoms with Crippen molar-refractivity contribution in [2.24, 2.45) is 35.5 Å². The Bertz CT molecular complexity index is 4190. The Labute approximate surface area is 763 Å². The van der Waals surface area contributed by atoms with Crippen molar-refractivity contribution in [2.45, 2.75) is 306 Å². The number of ketones is 3. The molecule has 0 aromatic heterocycles. The van der Waals surface area contributed by atoms with Crippen LogP contribution in [-0.4, -0.2) is 301 Å². The lowest BCUT2D eigenvalue weighted by molar-refractivity contribution is -0.265. The molecule has 17 N–H and O–H groups in total. The summed E-state index contributed by atoms with van der Waals surface area (Å²) in [6, 6.07) is -13.1. The Morgan fingerprint density at radius 2 is 1.01 bits per heavy atom. The van der Waals surface area contributed by atoms with Crippen LogP contribution in [0.2, 0.25) is 0 Å². The predicted molar refractivity (Wildman–Crippen MR) is 460 cm³/mol. The second-order valence-electron chi connectivity index (χ2n) is 34.1. The molecule has 132 heavy (non-hydrogen) atoms. The molecule has 0 spiro atoms. The number of hydrogen-bond acceptors (Lipinski definition) is 28. The summed E-state index contributed by atoms with van der Waals surface area (Å²) in [7, 11) is 4.26. The zero-order chi connectivity index (χ0) is 99.0. The van der Waals surface area contributed by atoms with Gasteiger partial charge in [0.2, 0.25) is 53.0 Å². The summed E-state index contributed by atoms with van der Waals surface area (Å²) in [6.45, 7) is 10.6. The van der Waals surface area contributed by atoms with Crippen LogP contribution in [0.4, 0.5) is 0 Å². The first-order valence-corrected chi connectivity index (χ1v) is 44.1. The maximum Gasteiger partial charge on any atom is 0.329 e. The van der Waals surface area contributed by atoms with E-state index in [9.17, 15) is 137 Å². The average Bonchev–Trinajstić information content (AvgIpc) is 0.774. The number of hydrogen-bond donors (Lipinski definition) is 17. The zero-order valence-electron chi connectivity index (χ0n) is 76.1. The third kappa shape index (κ3) is 38.5. The number of carbonyl (C=O) groups is 20. The number of amides is 9. The number of rotatable bonds is 44. The smallest absolute Gasteiger partial charge is 0.329 e. The van der Waals surface area contributed by atoms with Gasteiger partial charge in [-0.15, -0.1) is 0 Å². The second-order valence-corrected chi connectivity index (χ2v) is 34.1. The van der Waals surface area contributed by atoms with Crippen LogP contribution in [0, 0.1) is 35.5 Å². The number of carboxylic acids is 7. The standard InChI is InChI=1S/C88H131N9O35/c1-46-16-12-11-13-17-47(2)64(127-8)42-54-21-19-52(7)88(126,132-54)79(117)86(124)97-37-15-14-18-61(97)87(125)131-65(43-62(98)48(3)39-51(6)77(116)78(129-10)76(115)50(5)38-46)49(4)40-53-20-28-63(66(41-53)128-9)130-45-90-67(99)29-30-68(100)91-56(23-32-70(103)104)81(119)93-58(25-34-72(107)108)83(121)95-60(27-36-74(111)112)85(123)96-59(26-35-73(109)110)84(122)94-57(24-33-71(105)106)82(120)92-55(22-31-69(101)102)80(118)89-44-75(113)114/h11-13,16-17,39,46,48-50,52-61,63-66,77-78,116,126H,14-15,18-38,40-45H2,1-10H3,(H,89,118)(H,90,99)(H,91,100)(H,92,120)(H,93,119)(H,94,122)(H,95,121)(H,96,123)(H,101,102)(H,103,104)(H,105,106)(H,107,108)(H,109,110)(H,111,112)(H,113,114)/b13-11+,16-12+,47-17+,51-39+/t46-,48-,49-,50-,52-,53+,54+,55?,56?,57?,58?,59?,60?,61+,63-,64+,65+,66-,77-,78+,88-/m1/s1. The minimum atomic E-state index is -2.57. The number of esters is 1. The van der Waals surface area contributed by atoms with Crippen LogP contribution in [0.5, 0.6) is 0 Å². The molecule has 21 atom stereocenters. The van der Waals surface area contributed by atoms with Crippen molar-refractivity contribution >= 4 is 118 Å². The molecule has 3 aliphatic heterocycles. The van der Waals surface area contributed by atoms with E-state index in [0.717, 1.165) is 10.5 Å².